The molecular formula is C14H20BrNO3. The Hall–Kier alpha value is -0.780. The molecule has 19 heavy (non-hydrogen) atoms. The minimum Gasteiger partial charge on any atom is -0.503 e. The van der Waals surface area contributed by atoms with E-state index in [0.29, 0.717) is 22.9 Å². The molecule has 106 valence electrons. The van der Waals surface area contributed by atoms with Crippen LogP contribution < -0.4 is 4.74 Å². The molecule has 1 fully saturated rings. The summed E-state index contributed by atoms with van der Waals surface area (Å²) >= 11 is 3.37. The Morgan fingerprint density at radius 2 is 2.32 bits per heavy atom. The Kier molecular flexibility index (Phi) is 5.07. The lowest BCUT2D eigenvalue weighted by atomic mass is 10.1. The molecule has 0 aromatic heterocycles. The summed E-state index contributed by atoms with van der Waals surface area (Å²) < 4.78 is 11.5. The average Bonchev–Trinajstić information content (AvgIpc) is 2.89. The molecule has 0 saturated carbocycles. The standard InChI is InChI=1S/C14H20BrNO3/c1-3-19-13-7-10(6-12(15)14(13)17)8-16(2)11-4-5-18-9-11/h6-7,11,17H,3-5,8-9H2,1-2H3. The first-order valence-corrected chi connectivity index (χ1v) is 7.33. The smallest absolute Gasteiger partial charge is 0.172 e. The summed E-state index contributed by atoms with van der Waals surface area (Å²) in [4.78, 5) is 2.28. The molecule has 0 radical (unpaired) electrons. The van der Waals surface area contributed by atoms with Crippen LogP contribution in [0.2, 0.25) is 0 Å². The van der Waals surface area contributed by atoms with Gasteiger partial charge in [-0.1, -0.05) is 0 Å². The molecule has 4 nitrogen and oxygen atoms in total. The lowest BCUT2D eigenvalue weighted by molar-refractivity contribution is 0.156. The summed E-state index contributed by atoms with van der Waals surface area (Å²) in [6.45, 7) is 4.90. The van der Waals surface area contributed by atoms with Crippen molar-refractivity contribution in [2.24, 2.45) is 0 Å². The molecule has 1 N–H and O–H groups in total. The van der Waals surface area contributed by atoms with Gasteiger partial charge in [0.25, 0.3) is 0 Å². The first-order valence-electron chi connectivity index (χ1n) is 6.54. The number of benzene rings is 1. The minimum absolute atomic E-state index is 0.164. The fraction of sp³-hybridized carbons (Fsp3) is 0.571. The number of phenols is 1. The second kappa shape index (κ2) is 6.59. The van der Waals surface area contributed by atoms with Crippen LogP contribution in [0.1, 0.15) is 18.9 Å². The first kappa shape index (κ1) is 14.6. The van der Waals surface area contributed by atoms with Gasteiger partial charge in [0.2, 0.25) is 0 Å². The molecule has 0 bridgehead atoms. The van der Waals surface area contributed by atoms with Crippen LogP contribution in [0, 0.1) is 0 Å². The fourth-order valence-corrected chi connectivity index (χ4v) is 2.76. The molecule has 1 aromatic carbocycles. The summed E-state index contributed by atoms with van der Waals surface area (Å²) in [6, 6.07) is 4.31. The van der Waals surface area contributed by atoms with Gasteiger partial charge in [-0.15, -0.1) is 0 Å². The second-order valence-corrected chi connectivity index (χ2v) is 5.64. The maximum absolute atomic E-state index is 9.89. The van der Waals surface area contributed by atoms with Gasteiger partial charge in [-0.2, -0.15) is 0 Å². The van der Waals surface area contributed by atoms with Crippen molar-refractivity contribution in [3.8, 4) is 11.5 Å². The van der Waals surface area contributed by atoms with Gasteiger partial charge in [0.15, 0.2) is 11.5 Å². The minimum atomic E-state index is 0.164. The highest BCUT2D eigenvalue weighted by Crippen LogP contribution is 2.36. The molecule has 2 rings (SSSR count). The van der Waals surface area contributed by atoms with E-state index < -0.39 is 0 Å². The van der Waals surface area contributed by atoms with Crippen molar-refractivity contribution in [2.75, 3.05) is 26.9 Å². The highest BCUT2D eigenvalue weighted by atomic mass is 79.9. The van der Waals surface area contributed by atoms with Crippen molar-refractivity contribution in [2.45, 2.75) is 25.9 Å². The summed E-state index contributed by atoms with van der Waals surface area (Å²) in [7, 11) is 2.10. The van der Waals surface area contributed by atoms with Crippen LogP contribution in [0.3, 0.4) is 0 Å². The summed E-state index contributed by atoms with van der Waals surface area (Å²) in [5.41, 5.74) is 1.11. The van der Waals surface area contributed by atoms with Gasteiger partial charge in [0.05, 0.1) is 17.7 Å². The van der Waals surface area contributed by atoms with E-state index in [1.54, 1.807) is 0 Å². The number of aromatic hydroxyl groups is 1. The maximum atomic E-state index is 9.89. The van der Waals surface area contributed by atoms with E-state index in [4.69, 9.17) is 9.47 Å². The van der Waals surface area contributed by atoms with E-state index >= 15 is 0 Å². The quantitative estimate of drug-likeness (QED) is 0.901. The molecule has 0 spiro atoms. The Morgan fingerprint density at radius 1 is 1.53 bits per heavy atom. The largest absolute Gasteiger partial charge is 0.503 e. The Morgan fingerprint density at radius 3 is 2.95 bits per heavy atom. The van der Waals surface area contributed by atoms with E-state index in [0.717, 1.165) is 31.7 Å². The number of rotatable bonds is 5. The second-order valence-electron chi connectivity index (χ2n) is 4.79. The predicted octanol–water partition coefficient (Wildman–Crippen LogP) is 2.77. The number of hydrogen-bond donors (Lipinski definition) is 1. The van der Waals surface area contributed by atoms with Gasteiger partial charge in [-0.05, 0) is 54.0 Å². The van der Waals surface area contributed by atoms with Crippen LogP contribution >= 0.6 is 15.9 Å². The van der Waals surface area contributed by atoms with Gasteiger partial charge in [0, 0.05) is 19.2 Å². The van der Waals surface area contributed by atoms with Crippen LogP contribution in [0.25, 0.3) is 0 Å². The molecule has 1 unspecified atom stereocenters. The maximum Gasteiger partial charge on any atom is 0.172 e. The van der Waals surface area contributed by atoms with E-state index in [9.17, 15) is 5.11 Å². The third-order valence-electron chi connectivity index (χ3n) is 3.35. The molecule has 0 aliphatic carbocycles. The zero-order chi connectivity index (χ0) is 13.8. The SMILES string of the molecule is CCOc1cc(CN(C)C2CCOC2)cc(Br)c1O. The van der Waals surface area contributed by atoms with E-state index in [2.05, 4.69) is 27.9 Å². The van der Waals surface area contributed by atoms with Gasteiger partial charge >= 0.3 is 0 Å². The third kappa shape index (κ3) is 3.61. The van der Waals surface area contributed by atoms with Crippen molar-refractivity contribution in [3.63, 3.8) is 0 Å². The van der Waals surface area contributed by atoms with Crippen molar-refractivity contribution in [1.29, 1.82) is 0 Å². The number of ether oxygens (including phenoxy) is 2. The lowest BCUT2D eigenvalue weighted by Gasteiger charge is -2.23. The van der Waals surface area contributed by atoms with Crippen LogP contribution in [0.5, 0.6) is 11.5 Å². The van der Waals surface area contributed by atoms with Gasteiger partial charge < -0.3 is 14.6 Å². The van der Waals surface area contributed by atoms with Crippen molar-refractivity contribution in [1.82, 2.24) is 4.90 Å². The number of halogens is 1. The topological polar surface area (TPSA) is 41.9 Å². The Bertz CT molecular complexity index is 433. The van der Waals surface area contributed by atoms with E-state index in [-0.39, 0.29) is 5.75 Å². The highest BCUT2D eigenvalue weighted by Gasteiger charge is 2.21. The van der Waals surface area contributed by atoms with Crippen LogP contribution in [0.4, 0.5) is 0 Å². The van der Waals surface area contributed by atoms with E-state index in [1.165, 1.54) is 0 Å². The number of hydrogen-bond acceptors (Lipinski definition) is 4. The summed E-state index contributed by atoms with van der Waals surface area (Å²) in [5, 5.41) is 9.89. The lowest BCUT2D eigenvalue weighted by Crippen LogP contribution is -2.31. The molecule has 1 aromatic rings. The normalized spacial score (nSPS) is 19.1. The van der Waals surface area contributed by atoms with Gasteiger partial charge in [-0.25, -0.2) is 0 Å². The monoisotopic (exact) mass is 329 g/mol. The Balaban J connectivity index is 2.10. The zero-order valence-corrected chi connectivity index (χ0v) is 12.9. The summed E-state index contributed by atoms with van der Waals surface area (Å²) in [5.74, 6) is 0.695. The number of phenolic OH excluding ortho intramolecular Hbond substituents is 1. The number of nitrogens with zero attached hydrogens (tertiary/aromatic N) is 1. The summed E-state index contributed by atoms with van der Waals surface area (Å²) in [6.07, 6.45) is 1.08. The first-order chi connectivity index (χ1) is 9.11. The Labute approximate surface area is 122 Å². The highest BCUT2D eigenvalue weighted by molar-refractivity contribution is 9.10. The van der Waals surface area contributed by atoms with Crippen LogP contribution in [0.15, 0.2) is 16.6 Å². The van der Waals surface area contributed by atoms with Crippen LogP contribution in [-0.2, 0) is 11.3 Å². The molecule has 5 heteroatoms. The van der Waals surface area contributed by atoms with Gasteiger partial charge in [0.1, 0.15) is 0 Å². The molecule has 1 saturated heterocycles. The van der Waals surface area contributed by atoms with Crippen molar-refractivity contribution >= 4 is 15.9 Å². The van der Waals surface area contributed by atoms with E-state index in [1.807, 2.05) is 19.1 Å². The zero-order valence-electron chi connectivity index (χ0n) is 11.4. The fourth-order valence-electron chi connectivity index (χ4n) is 2.27. The third-order valence-corrected chi connectivity index (χ3v) is 3.95. The van der Waals surface area contributed by atoms with Crippen LogP contribution in [-0.4, -0.2) is 42.9 Å². The molecule has 1 aliphatic heterocycles. The molecule has 1 aliphatic rings. The number of likely N-dealkylation sites (N-methyl/N-ethyl adjacent to an activating group) is 1. The van der Waals surface area contributed by atoms with Gasteiger partial charge in [-0.3, -0.25) is 4.90 Å². The van der Waals surface area contributed by atoms with Crippen molar-refractivity contribution < 1.29 is 14.6 Å². The van der Waals surface area contributed by atoms with Crippen molar-refractivity contribution in [3.05, 3.63) is 22.2 Å². The predicted molar refractivity (Wildman–Crippen MR) is 77.7 cm³/mol. The molecule has 0 amide bonds. The molecule has 1 atom stereocenters. The average molecular weight is 330 g/mol. The molecular weight excluding hydrogens is 310 g/mol. The molecule has 1 heterocycles.